The van der Waals surface area contributed by atoms with Gasteiger partial charge in [0.2, 0.25) is 0 Å². The molecule has 0 saturated carbocycles. The van der Waals surface area contributed by atoms with Crippen LogP contribution < -0.4 is 5.32 Å². The van der Waals surface area contributed by atoms with Gasteiger partial charge >= 0.3 is 0 Å². The van der Waals surface area contributed by atoms with E-state index in [1.54, 1.807) is 0 Å². The van der Waals surface area contributed by atoms with E-state index in [2.05, 4.69) is 54.7 Å². The minimum atomic E-state index is 0.365. The normalized spacial score (nSPS) is 12.5. The van der Waals surface area contributed by atoms with Crippen LogP contribution in [0, 0.1) is 6.92 Å². The van der Waals surface area contributed by atoms with Gasteiger partial charge in [-0.05, 0) is 38.1 Å². The molecule has 3 nitrogen and oxygen atoms in total. The summed E-state index contributed by atoms with van der Waals surface area (Å²) in [6.45, 7) is 5.17. The molecule has 108 valence electrons. The number of aryl methyl sites for hydroxylation is 1. The lowest BCUT2D eigenvalue weighted by molar-refractivity contribution is 0.583. The molecular formula is C17H19N3S. The highest BCUT2D eigenvalue weighted by molar-refractivity contribution is 7.12. The molecule has 1 aromatic carbocycles. The largest absolute Gasteiger partial charge is 0.305 e. The van der Waals surface area contributed by atoms with E-state index in [1.165, 1.54) is 15.3 Å². The van der Waals surface area contributed by atoms with Crippen LogP contribution in [0.3, 0.4) is 0 Å². The number of rotatable bonds is 5. The van der Waals surface area contributed by atoms with Crippen LogP contribution >= 0.6 is 11.3 Å². The van der Waals surface area contributed by atoms with Crippen molar-refractivity contribution < 1.29 is 0 Å². The fourth-order valence-corrected chi connectivity index (χ4v) is 3.14. The molecular weight excluding hydrogens is 278 g/mol. The molecule has 2 heterocycles. The van der Waals surface area contributed by atoms with Crippen LogP contribution in [0.1, 0.15) is 28.3 Å². The molecule has 3 aromatic rings. The highest BCUT2D eigenvalue weighted by atomic mass is 32.1. The minimum Gasteiger partial charge on any atom is -0.305 e. The highest BCUT2D eigenvalue weighted by Crippen LogP contribution is 2.22. The Labute approximate surface area is 129 Å². The van der Waals surface area contributed by atoms with Gasteiger partial charge in [0, 0.05) is 34.1 Å². The predicted octanol–water partition coefficient (Wildman–Crippen LogP) is 4.09. The molecule has 0 spiro atoms. The van der Waals surface area contributed by atoms with Crippen LogP contribution in [0.15, 0.2) is 54.9 Å². The number of hydrogen-bond donors (Lipinski definition) is 1. The van der Waals surface area contributed by atoms with E-state index in [1.807, 2.05) is 40.4 Å². The zero-order chi connectivity index (χ0) is 14.7. The third-order valence-electron chi connectivity index (χ3n) is 3.46. The van der Waals surface area contributed by atoms with E-state index in [-0.39, 0.29) is 0 Å². The number of hydrogen-bond acceptors (Lipinski definition) is 3. The monoisotopic (exact) mass is 297 g/mol. The molecule has 0 bridgehead atoms. The van der Waals surface area contributed by atoms with Gasteiger partial charge in [0.15, 0.2) is 0 Å². The summed E-state index contributed by atoms with van der Waals surface area (Å²) in [6.07, 6.45) is 4.00. The predicted molar refractivity (Wildman–Crippen MR) is 87.9 cm³/mol. The Balaban J connectivity index is 1.63. The van der Waals surface area contributed by atoms with E-state index in [9.17, 15) is 0 Å². The number of nitrogens with zero attached hydrogens (tertiary/aromatic N) is 2. The van der Waals surface area contributed by atoms with Crippen LogP contribution in [0.25, 0.3) is 5.69 Å². The van der Waals surface area contributed by atoms with Gasteiger partial charge in [0.05, 0.1) is 11.9 Å². The maximum Gasteiger partial charge on any atom is 0.0645 e. The van der Waals surface area contributed by atoms with Gasteiger partial charge in [-0.15, -0.1) is 11.3 Å². The van der Waals surface area contributed by atoms with Crippen molar-refractivity contribution in [1.82, 2.24) is 15.1 Å². The Morgan fingerprint density at radius 3 is 2.71 bits per heavy atom. The molecule has 0 saturated heterocycles. The molecule has 0 aliphatic heterocycles. The molecule has 1 N–H and O–H groups in total. The molecule has 0 fully saturated rings. The van der Waals surface area contributed by atoms with Crippen LogP contribution in [-0.4, -0.2) is 9.78 Å². The molecule has 0 aliphatic rings. The van der Waals surface area contributed by atoms with E-state index in [4.69, 9.17) is 0 Å². The molecule has 0 aliphatic carbocycles. The second-order valence-electron chi connectivity index (χ2n) is 5.18. The lowest BCUT2D eigenvalue weighted by Crippen LogP contribution is -2.16. The highest BCUT2D eigenvalue weighted by Gasteiger charge is 2.08. The van der Waals surface area contributed by atoms with E-state index in [0.717, 1.165) is 12.2 Å². The van der Waals surface area contributed by atoms with Gasteiger partial charge in [0.25, 0.3) is 0 Å². The number of nitrogens with one attached hydrogen (secondary N) is 1. The van der Waals surface area contributed by atoms with E-state index < -0.39 is 0 Å². The fourth-order valence-electron chi connectivity index (χ4n) is 2.23. The summed E-state index contributed by atoms with van der Waals surface area (Å²) in [7, 11) is 0. The van der Waals surface area contributed by atoms with Gasteiger partial charge in [-0.25, -0.2) is 4.68 Å². The Bertz CT molecular complexity index is 700. The van der Waals surface area contributed by atoms with Crippen molar-refractivity contribution >= 4 is 11.3 Å². The quantitative estimate of drug-likeness (QED) is 0.768. The smallest absolute Gasteiger partial charge is 0.0645 e. The number of aromatic nitrogens is 2. The van der Waals surface area contributed by atoms with E-state index in [0.29, 0.717) is 6.04 Å². The number of thiophene rings is 1. The summed E-state index contributed by atoms with van der Waals surface area (Å²) in [4.78, 5) is 2.73. The standard InChI is InChI=1S/C17H19N3S/c1-13-8-9-17(21-13)14(2)18-10-15-11-19-20(12-15)16-6-4-3-5-7-16/h3-9,11-12,14,18H,10H2,1-2H3. The summed E-state index contributed by atoms with van der Waals surface area (Å²) in [5.74, 6) is 0. The molecule has 0 radical (unpaired) electrons. The van der Waals surface area contributed by atoms with Crippen molar-refractivity contribution in [3.63, 3.8) is 0 Å². The first kappa shape index (κ1) is 14.0. The van der Waals surface area contributed by atoms with E-state index >= 15 is 0 Å². The van der Waals surface area contributed by atoms with Crippen LogP contribution in [0.2, 0.25) is 0 Å². The fraction of sp³-hybridized carbons (Fsp3) is 0.235. The van der Waals surface area contributed by atoms with Gasteiger partial charge in [0.1, 0.15) is 0 Å². The maximum absolute atomic E-state index is 4.42. The first-order valence-corrected chi connectivity index (χ1v) is 7.93. The topological polar surface area (TPSA) is 29.9 Å². The van der Waals surface area contributed by atoms with Crippen molar-refractivity contribution in [1.29, 1.82) is 0 Å². The summed E-state index contributed by atoms with van der Waals surface area (Å²) in [6, 6.07) is 14.9. The third-order valence-corrected chi connectivity index (χ3v) is 4.64. The molecule has 21 heavy (non-hydrogen) atoms. The van der Waals surface area contributed by atoms with Crippen LogP contribution in [0.5, 0.6) is 0 Å². The van der Waals surface area contributed by atoms with Crippen LogP contribution in [-0.2, 0) is 6.54 Å². The van der Waals surface area contributed by atoms with Gasteiger partial charge in [-0.1, -0.05) is 18.2 Å². The molecule has 1 atom stereocenters. The summed E-state index contributed by atoms with van der Waals surface area (Å²) < 4.78 is 1.91. The molecule has 2 aromatic heterocycles. The van der Waals surface area contributed by atoms with Crippen molar-refractivity contribution in [2.24, 2.45) is 0 Å². The Kier molecular flexibility index (Phi) is 4.18. The second kappa shape index (κ2) is 6.24. The average molecular weight is 297 g/mol. The Morgan fingerprint density at radius 2 is 2.00 bits per heavy atom. The van der Waals surface area contributed by atoms with Gasteiger partial charge in [-0.3, -0.25) is 0 Å². The Hall–Kier alpha value is -1.91. The number of benzene rings is 1. The number of para-hydroxylation sites is 1. The average Bonchev–Trinajstić information content (AvgIpc) is 3.15. The van der Waals surface area contributed by atoms with Crippen molar-refractivity contribution in [2.45, 2.75) is 26.4 Å². The SMILES string of the molecule is Cc1ccc(C(C)NCc2cnn(-c3ccccc3)c2)s1. The molecule has 4 heteroatoms. The first-order chi connectivity index (χ1) is 10.2. The molecule has 1 unspecified atom stereocenters. The third kappa shape index (κ3) is 3.40. The first-order valence-electron chi connectivity index (χ1n) is 7.11. The molecule has 3 rings (SSSR count). The minimum absolute atomic E-state index is 0.365. The Morgan fingerprint density at radius 1 is 1.19 bits per heavy atom. The zero-order valence-electron chi connectivity index (χ0n) is 12.3. The van der Waals surface area contributed by atoms with Crippen molar-refractivity contribution in [3.8, 4) is 5.69 Å². The zero-order valence-corrected chi connectivity index (χ0v) is 13.1. The second-order valence-corrected chi connectivity index (χ2v) is 6.50. The van der Waals surface area contributed by atoms with Gasteiger partial charge in [-0.2, -0.15) is 5.10 Å². The maximum atomic E-state index is 4.42. The summed E-state index contributed by atoms with van der Waals surface area (Å²) in [5, 5.41) is 7.97. The summed E-state index contributed by atoms with van der Waals surface area (Å²) >= 11 is 1.85. The van der Waals surface area contributed by atoms with Crippen molar-refractivity contribution in [3.05, 3.63) is 70.2 Å². The summed E-state index contributed by atoms with van der Waals surface area (Å²) in [5.41, 5.74) is 2.28. The lowest BCUT2D eigenvalue weighted by atomic mass is 10.2. The van der Waals surface area contributed by atoms with Gasteiger partial charge < -0.3 is 5.32 Å². The van der Waals surface area contributed by atoms with Crippen LogP contribution in [0.4, 0.5) is 0 Å². The lowest BCUT2D eigenvalue weighted by Gasteiger charge is -2.10. The molecule has 0 amide bonds. The van der Waals surface area contributed by atoms with Crippen molar-refractivity contribution in [2.75, 3.05) is 0 Å².